The maximum absolute atomic E-state index is 11.9. The Hall–Kier alpha value is -2.69. The molecular weight excluding hydrogens is 348 g/mol. The van der Waals surface area contributed by atoms with Gasteiger partial charge in [-0.3, -0.25) is 14.5 Å². The number of rotatable bonds is 2. The highest BCUT2D eigenvalue weighted by atomic mass is 16.2. The molecule has 1 saturated carbocycles. The van der Waals surface area contributed by atoms with E-state index in [1.165, 1.54) is 35.2 Å². The second kappa shape index (κ2) is 7.38. The lowest BCUT2D eigenvalue weighted by molar-refractivity contribution is -0.129. The molecule has 5 nitrogen and oxygen atoms in total. The summed E-state index contributed by atoms with van der Waals surface area (Å²) in [5.41, 5.74) is 5.71. The molecule has 1 amide bonds. The minimum atomic E-state index is 0.124. The molecule has 1 aliphatic carbocycles. The lowest BCUT2D eigenvalue weighted by atomic mass is 9.97. The van der Waals surface area contributed by atoms with E-state index in [1.807, 2.05) is 36.7 Å². The summed E-state index contributed by atoms with van der Waals surface area (Å²) in [6, 6.07) is 8.61. The maximum atomic E-state index is 11.9. The summed E-state index contributed by atoms with van der Waals surface area (Å²) in [6.45, 7) is 7.04. The van der Waals surface area contributed by atoms with Gasteiger partial charge in [0.05, 0.1) is 5.69 Å². The summed E-state index contributed by atoms with van der Waals surface area (Å²) in [6.07, 6.45) is 5.37. The number of pyridine rings is 1. The summed E-state index contributed by atoms with van der Waals surface area (Å²) < 4.78 is 1.98. The van der Waals surface area contributed by atoms with Crippen molar-refractivity contribution in [1.29, 1.82) is 0 Å². The number of carbonyl (C=O) groups excluding carboxylic acids is 1. The third-order valence-electron chi connectivity index (χ3n) is 5.72. The molecule has 0 N–H and O–H groups in total. The van der Waals surface area contributed by atoms with Crippen LogP contribution < -0.4 is 0 Å². The van der Waals surface area contributed by atoms with Crippen molar-refractivity contribution >= 4 is 16.7 Å². The van der Waals surface area contributed by atoms with E-state index in [9.17, 15) is 4.79 Å². The van der Waals surface area contributed by atoms with Gasteiger partial charge in [-0.05, 0) is 24.3 Å². The molecule has 2 aromatic heterocycles. The molecule has 3 aromatic rings. The Kier molecular flexibility index (Phi) is 4.92. The Morgan fingerprint density at radius 2 is 2.00 bits per heavy atom. The Balaban J connectivity index is 0.000000932. The smallest absolute Gasteiger partial charge is 0.219 e. The highest BCUT2D eigenvalue weighted by molar-refractivity contribution is 5.96. The molecule has 28 heavy (non-hydrogen) atoms. The normalized spacial score (nSPS) is 15.8. The Labute approximate surface area is 166 Å². The van der Waals surface area contributed by atoms with E-state index in [0.717, 1.165) is 29.6 Å². The molecule has 0 bridgehead atoms. The van der Waals surface area contributed by atoms with Gasteiger partial charge in [0.25, 0.3) is 0 Å². The van der Waals surface area contributed by atoms with Crippen LogP contribution in [-0.4, -0.2) is 32.1 Å². The fourth-order valence-corrected chi connectivity index (χ4v) is 4.08. The topological polar surface area (TPSA) is 51.0 Å². The molecule has 0 atom stereocenters. The number of nitrogens with zero attached hydrogens (tertiary/aromatic N) is 4. The molecule has 5 rings (SSSR count). The number of hydrogen-bond acceptors (Lipinski definition) is 3. The second-order valence-electron chi connectivity index (χ2n) is 7.50. The van der Waals surface area contributed by atoms with Gasteiger partial charge in [-0.1, -0.05) is 32.0 Å². The van der Waals surface area contributed by atoms with Gasteiger partial charge in [0.15, 0.2) is 0 Å². The summed E-state index contributed by atoms with van der Waals surface area (Å²) >= 11 is 0. The molecule has 0 unspecified atom stereocenters. The van der Waals surface area contributed by atoms with E-state index < -0.39 is 0 Å². The third-order valence-corrected chi connectivity index (χ3v) is 5.72. The fraction of sp³-hybridized carbons (Fsp3) is 0.435. The van der Waals surface area contributed by atoms with Crippen LogP contribution in [0, 0.1) is 0 Å². The van der Waals surface area contributed by atoms with E-state index in [2.05, 4.69) is 24.3 Å². The Bertz CT molecular complexity index is 1030. The zero-order valence-electron chi connectivity index (χ0n) is 17.2. The molecule has 0 saturated heterocycles. The third kappa shape index (κ3) is 3.19. The average molecular weight is 377 g/mol. The minimum Gasteiger partial charge on any atom is -0.338 e. The molecule has 2 aliphatic rings. The van der Waals surface area contributed by atoms with Crippen LogP contribution in [0.2, 0.25) is 0 Å². The summed E-state index contributed by atoms with van der Waals surface area (Å²) in [4.78, 5) is 18.5. The van der Waals surface area contributed by atoms with Crippen LogP contribution in [-0.2, 0) is 24.8 Å². The van der Waals surface area contributed by atoms with Crippen LogP contribution in [0.4, 0.5) is 0 Å². The zero-order chi connectivity index (χ0) is 19.8. The molecule has 1 aromatic carbocycles. The van der Waals surface area contributed by atoms with E-state index >= 15 is 0 Å². The number of fused-ring (bicyclic) bond motifs is 2. The molecule has 0 radical (unpaired) electrons. The van der Waals surface area contributed by atoms with Crippen molar-refractivity contribution in [2.24, 2.45) is 7.05 Å². The first-order valence-corrected chi connectivity index (χ1v) is 10.3. The summed E-state index contributed by atoms with van der Waals surface area (Å²) in [5.74, 6) is 0.772. The van der Waals surface area contributed by atoms with Crippen LogP contribution in [0.1, 0.15) is 56.5 Å². The van der Waals surface area contributed by atoms with Crippen molar-refractivity contribution in [3.8, 4) is 11.3 Å². The highest BCUT2D eigenvalue weighted by Crippen LogP contribution is 2.41. The van der Waals surface area contributed by atoms with Crippen LogP contribution >= 0.6 is 0 Å². The van der Waals surface area contributed by atoms with Gasteiger partial charge >= 0.3 is 0 Å². The van der Waals surface area contributed by atoms with Gasteiger partial charge in [0.1, 0.15) is 0 Å². The number of hydrogen-bond donors (Lipinski definition) is 0. The van der Waals surface area contributed by atoms with E-state index in [0.29, 0.717) is 12.5 Å². The van der Waals surface area contributed by atoms with Crippen LogP contribution in [0.25, 0.3) is 22.0 Å². The first-order valence-electron chi connectivity index (χ1n) is 10.3. The summed E-state index contributed by atoms with van der Waals surface area (Å²) in [7, 11) is 2.00. The molecule has 146 valence electrons. The van der Waals surface area contributed by atoms with Crippen LogP contribution in [0.15, 0.2) is 30.5 Å². The van der Waals surface area contributed by atoms with Gasteiger partial charge in [-0.25, -0.2) is 0 Å². The van der Waals surface area contributed by atoms with E-state index in [4.69, 9.17) is 10.1 Å². The number of carbonyl (C=O) groups is 1. The van der Waals surface area contributed by atoms with Gasteiger partial charge in [0.2, 0.25) is 5.91 Å². The van der Waals surface area contributed by atoms with Crippen molar-refractivity contribution in [1.82, 2.24) is 19.7 Å². The zero-order valence-corrected chi connectivity index (χ0v) is 17.2. The van der Waals surface area contributed by atoms with Crippen molar-refractivity contribution < 1.29 is 4.79 Å². The Morgan fingerprint density at radius 1 is 1.21 bits per heavy atom. The standard InChI is InChI=1S/C21H22N4O.C2H6/c1-13(26)25-9-8-20-18(12-25)21(23-24(20)2)16-5-3-4-15-10-19(14-6-7-14)22-11-17(15)16;1-2/h3-5,10-11,14H,6-9,12H2,1-2H3;1-2H3. The molecular formula is C23H28N4O. The van der Waals surface area contributed by atoms with Crippen molar-refractivity contribution in [2.45, 2.75) is 52.5 Å². The first kappa shape index (κ1) is 18.7. The highest BCUT2D eigenvalue weighted by Gasteiger charge is 2.27. The van der Waals surface area contributed by atoms with Crippen LogP contribution in [0.3, 0.4) is 0 Å². The number of aryl methyl sites for hydroxylation is 1. The molecule has 0 spiro atoms. The molecule has 1 fully saturated rings. The van der Waals surface area contributed by atoms with Gasteiger partial charge < -0.3 is 4.90 Å². The summed E-state index contributed by atoms with van der Waals surface area (Å²) in [5, 5.41) is 7.18. The fourth-order valence-electron chi connectivity index (χ4n) is 4.08. The number of aromatic nitrogens is 3. The monoisotopic (exact) mass is 376 g/mol. The first-order chi connectivity index (χ1) is 13.6. The average Bonchev–Trinajstić information content (AvgIpc) is 3.53. The second-order valence-corrected chi connectivity index (χ2v) is 7.50. The predicted molar refractivity (Wildman–Crippen MR) is 112 cm³/mol. The number of amides is 1. The van der Waals surface area contributed by atoms with Gasteiger partial charge in [-0.15, -0.1) is 0 Å². The largest absolute Gasteiger partial charge is 0.338 e. The number of benzene rings is 1. The van der Waals surface area contributed by atoms with Crippen molar-refractivity contribution in [3.63, 3.8) is 0 Å². The predicted octanol–water partition coefficient (Wildman–Crippen LogP) is 4.44. The lowest BCUT2D eigenvalue weighted by Crippen LogP contribution is -2.34. The van der Waals surface area contributed by atoms with E-state index in [1.54, 1.807) is 6.92 Å². The maximum Gasteiger partial charge on any atom is 0.219 e. The Morgan fingerprint density at radius 3 is 2.71 bits per heavy atom. The van der Waals surface area contributed by atoms with Crippen molar-refractivity contribution in [3.05, 3.63) is 47.4 Å². The van der Waals surface area contributed by atoms with Crippen LogP contribution in [0.5, 0.6) is 0 Å². The van der Waals surface area contributed by atoms with E-state index in [-0.39, 0.29) is 5.91 Å². The van der Waals surface area contributed by atoms with Crippen molar-refractivity contribution in [2.75, 3.05) is 6.54 Å². The molecule has 5 heteroatoms. The SMILES string of the molecule is CC.CC(=O)N1CCc2c(c(-c3cccc4cc(C5CC5)ncc34)nn2C)C1. The molecule has 1 aliphatic heterocycles. The van der Waals surface area contributed by atoms with Gasteiger partial charge in [-0.2, -0.15) is 5.10 Å². The lowest BCUT2D eigenvalue weighted by Gasteiger charge is -2.26. The molecule has 3 heterocycles. The minimum absolute atomic E-state index is 0.124. The van der Waals surface area contributed by atoms with Gasteiger partial charge in [0, 0.05) is 73.5 Å². The quantitative estimate of drug-likeness (QED) is 0.664.